The number of rotatable bonds is 6. The highest BCUT2D eigenvalue weighted by molar-refractivity contribution is 5.37. The molecule has 2 aromatic heterocycles. The van der Waals surface area contributed by atoms with Crippen LogP contribution in [-0.2, 0) is 0 Å². The van der Waals surface area contributed by atoms with Crippen molar-refractivity contribution in [1.29, 1.82) is 0 Å². The minimum Gasteiger partial charge on any atom is -0.357 e. The first-order chi connectivity index (χ1) is 9.35. The number of nitrogens with one attached hydrogen (secondary N) is 2. The molecule has 0 spiro atoms. The van der Waals surface area contributed by atoms with Crippen LogP contribution >= 0.6 is 0 Å². The molecule has 1 aliphatic carbocycles. The Bertz CT molecular complexity index is 534. The highest BCUT2D eigenvalue weighted by atomic mass is 15.4. The maximum Gasteiger partial charge on any atom is 0.258 e. The number of hydrogen-bond donors (Lipinski definition) is 2. The fourth-order valence-electron chi connectivity index (χ4n) is 1.76. The molecular weight excluding hydrogens is 244 g/mol. The van der Waals surface area contributed by atoms with E-state index in [4.69, 9.17) is 0 Å². The van der Waals surface area contributed by atoms with Crippen LogP contribution in [0.2, 0.25) is 0 Å². The Morgan fingerprint density at radius 2 is 2.11 bits per heavy atom. The Labute approximate surface area is 110 Å². The first-order valence-electron chi connectivity index (χ1n) is 6.38. The summed E-state index contributed by atoms with van der Waals surface area (Å²) in [6, 6.07) is 0. The van der Waals surface area contributed by atoms with E-state index in [9.17, 15) is 0 Å². The van der Waals surface area contributed by atoms with Gasteiger partial charge in [-0.15, -0.1) is 0 Å². The van der Waals surface area contributed by atoms with Crippen LogP contribution in [0, 0.1) is 5.92 Å². The van der Waals surface area contributed by atoms with Crippen molar-refractivity contribution in [1.82, 2.24) is 29.7 Å². The van der Waals surface area contributed by atoms with Crippen molar-refractivity contribution in [2.75, 3.05) is 24.2 Å². The van der Waals surface area contributed by atoms with Gasteiger partial charge < -0.3 is 10.6 Å². The van der Waals surface area contributed by atoms with Gasteiger partial charge in [0.05, 0.1) is 0 Å². The predicted octanol–water partition coefficient (Wildman–Crippen LogP) is 0.706. The van der Waals surface area contributed by atoms with Gasteiger partial charge in [0.25, 0.3) is 5.95 Å². The lowest BCUT2D eigenvalue weighted by molar-refractivity contribution is 0.749. The van der Waals surface area contributed by atoms with Gasteiger partial charge in [-0.05, 0) is 12.3 Å². The summed E-state index contributed by atoms with van der Waals surface area (Å²) in [6.07, 6.45) is 6.88. The lowest BCUT2D eigenvalue weighted by Crippen LogP contribution is -2.12. The van der Waals surface area contributed by atoms with Gasteiger partial charge >= 0.3 is 0 Å². The Hall–Kier alpha value is -2.25. The molecule has 0 aromatic carbocycles. The van der Waals surface area contributed by atoms with Crippen molar-refractivity contribution >= 4 is 11.9 Å². The number of hydrogen-bond acceptors (Lipinski definition) is 7. The van der Waals surface area contributed by atoms with E-state index in [1.807, 2.05) is 0 Å². The first kappa shape index (κ1) is 11.8. The molecule has 3 rings (SSSR count). The zero-order valence-electron chi connectivity index (χ0n) is 10.7. The molecule has 100 valence electrons. The molecule has 1 fully saturated rings. The molecule has 0 saturated heterocycles. The van der Waals surface area contributed by atoms with Gasteiger partial charge in [0, 0.05) is 13.6 Å². The highest BCUT2D eigenvalue weighted by Crippen LogP contribution is 2.31. The van der Waals surface area contributed by atoms with E-state index in [2.05, 4.69) is 35.7 Å². The quantitative estimate of drug-likeness (QED) is 0.789. The van der Waals surface area contributed by atoms with Crippen molar-refractivity contribution in [3.05, 3.63) is 12.7 Å². The molecule has 0 unspecified atom stereocenters. The first-order valence-corrected chi connectivity index (χ1v) is 6.38. The SMILES string of the molecule is CNc1nc(NCCC2CC2)nc(-n2cncn2)n1. The number of anilines is 2. The van der Waals surface area contributed by atoms with Gasteiger partial charge in [-0.1, -0.05) is 12.8 Å². The summed E-state index contributed by atoms with van der Waals surface area (Å²) < 4.78 is 1.51. The minimum absolute atomic E-state index is 0.450. The maximum atomic E-state index is 4.33. The summed E-state index contributed by atoms with van der Waals surface area (Å²) in [5.41, 5.74) is 0. The van der Waals surface area contributed by atoms with Crippen LogP contribution in [0.15, 0.2) is 12.7 Å². The molecule has 0 aliphatic heterocycles. The van der Waals surface area contributed by atoms with Gasteiger partial charge in [0.1, 0.15) is 12.7 Å². The van der Waals surface area contributed by atoms with E-state index in [0.29, 0.717) is 17.8 Å². The van der Waals surface area contributed by atoms with Crippen molar-refractivity contribution in [2.24, 2.45) is 5.92 Å². The third-order valence-corrected chi connectivity index (χ3v) is 3.00. The zero-order valence-corrected chi connectivity index (χ0v) is 10.7. The minimum atomic E-state index is 0.450. The topological polar surface area (TPSA) is 93.4 Å². The summed E-state index contributed by atoms with van der Waals surface area (Å²) in [4.78, 5) is 16.7. The molecule has 2 aromatic rings. The Morgan fingerprint density at radius 1 is 1.26 bits per heavy atom. The third-order valence-electron chi connectivity index (χ3n) is 3.00. The average molecular weight is 260 g/mol. The van der Waals surface area contributed by atoms with Crippen LogP contribution in [0.5, 0.6) is 0 Å². The van der Waals surface area contributed by atoms with Gasteiger partial charge in [-0.25, -0.2) is 4.98 Å². The summed E-state index contributed by atoms with van der Waals surface area (Å²) in [6.45, 7) is 0.884. The third kappa shape index (κ3) is 2.95. The van der Waals surface area contributed by atoms with Crippen LogP contribution in [0.3, 0.4) is 0 Å². The maximum absolute atomic E-state index is 4.33. The van der Waals surface area contributed by atoms with E-state index in [1.54, 1.807) is 13.4 Å². The van der Waals surface area contributed by atoms with Gasteiger partial charge in [0.15, 0.2) is 0 Å². The summed E-state index contributed by atoms with van der Waals surface area (Å²) in [7, 11) is 1.77. The van der Waals surface area contributed by atoms with Crippen LogP contribution in [0.25, 0.3) is 5.95 Å². The molecule has 0 amide bonds. The molecule has 1 aliphatic rings. The van der Waals surface area contributed by atoms with Gasteiger partial charge in [-0.2, -0.15) is 24.7 Å². The second-order valence-electron chi connectivity index (χ2n) is 4.53. The summed E-state index contributed by atoms with van der Waals surface area (Å²) >= 11 is 0. The Kier molecular flexibility index (Phi) is 3.21. The highest BCUT2D eigenvalue weighted by Gasteiger charge is 2.20. The normalized spacial score (nSPS) is 14.4. The fourth-order valence-corrected chi connectivity index (χ4v) is 1.76. The van der Waals surface area contributed by atoms with Gasteiger partial charge in [0.2, 0.25) is 11.9 Å². The molecule has 0 atom stereocenters. The molecule has 8 heteroatoms. The number of aromatic nitrogens is 6. The molecule has 0 bridgehead atoms. The van der Waals surface area contributed by atoms with Crippen LogP contribution < -0.4 is 10.6 Å². The second kappa shape index (κ2) is 5.17. The smallest absolute Gasteiger partial charge is 0.258 e. The zero-order chi connectivity index (χ0) is 13.1. The molecule has 19 heavy (non-hydrogen) atoms. The molecule has 8 nitrogen and oxygen atoms in total. The van der Waals surface area contributed by atoms with Crippen molar-refractivity contribution in [3.63, 3.8) is 0 Å². The van der Waals surface area contributed by atoms with Crippen LogP contribution in [0.4, 0.5) is 11.9 Å². The average Bonchev–Trinajstić information content (AvgIpc) is 3.09. The monoisotopic (exact) mass is 260 g/mol. The van der Waals surface area contributed by atoms with E-state index in [0.717, 1.165) is 12.5 Å². The van der Waals surface area contributed by atoms with E-state index in [-0.39, 0.29) is 0 Å². The standard InChI is InChI=1S/C11H16N8/c1-12-9-16-10(14-5-4-8-2-3-8)18-11(17-9)19-7-13-6-15-19/h6-8H,2-5H2,1H3,(H2,12,14,16,17,18). The van der Waals surface area contributed by atoms with Crippen molar-refractivity contribution in [3.8, 4) is 5.95 Å². The lowest BCUT2D eigenvalue weighted by Gasteiger charge is -2.07. The van der Waals surface area contributed by atoms with Gasteiger partial charge in [-0.3, -0.25) is 0 Å². The molecule has 0 radical (unpaired) electrons. The largest absolute Gasteiger partial charge is 0.357 e. The predicted molar refractivity (Wildman–Crippen MR) is 70.1 cm³/mol. The van der Waals surface area contributed by atoms with E-state index >= 15 is 0 Å². The summed E-state index contributed by atoms with van der Waals surface area (Å²) in [5.74, 6) is 2.40. The number of nitrogens with zero attached hydrogens (tertiary/aromatic N) is 6. The van der Waals surface area contributed by atoms with Crippen molar-refractivity contribution in [2.45, 2.75) is 19.3 Å². The fraction of sp³-hybridized carbons (Fsp3) is 0.545. The second-order valence-corrected chi connectivity index (χ2v) is 4.53. The van der Waals surface area contributed by atoms with E-state index in [1.165, 1.54) is 30.3 Å². The van der Waals surface area contributed by atoms with Crippen molar-refractivity contribution < 1.29 is 0 Å². The molecule has 2 N–H and O–H groups in total. The van der Waals surface area contributed by atoms with E-state index < -0.39 is 0 Å². The van der Waals surface area contributed by atoms with Crippen LogP contribution in [-0.4, -0.2) is 43.3 Å². The Morgan fingerprint density at radius 3 is 2.79 bits per heavy atom. The Balaban J connectivity index is 1.76. The summed E-state index contributed by atoms with van der Waals surface area (Å²) in [5, 5.41) is 10.2. The molecular formula is C11H16N8. The molecule has 2 heterocycles. The lowest BCUT2D eigenvalue weighted by atomic mass is 10.3. The van der Waals surface area contributed by atoms with Crippen LogP contribution in [0.1, 0.15) is 19.3 Å². The molecule has 1 saturated carbocycles.